The minimum Gasteiger partial charge on any atom is -0.343 e. The first-order valence-electron chi connectivity index (χ1n) is 9.95. The van der Waals surface area contributed by atoms with Gasteiger partial charge in [0.2, 0.25) is 5.91 Å². The molecule has 0 bridgehead atoms. The van der Waals surface area contributed by atoms with Crippen LogP contribution in [0.15, 0.2) is 24.3 Å². The molecule has 2 aliphatic rings. The van der Waals surface area contributed by atoms with E-state index < -0.39 is 0 Å². The van der Waals surface area contributed by atoms with E-state index in [1.807, 2.05) is 29.2 Å². The van der Waals surface area contributed by atoms with Gasteiger partial charge in [-0.15, -0.1) is 0 Å². The average Bonchev–Trinajstić information content (AvgIpc) is 3.37. The van der Waals surface area contributed by atoms with Crippen molar-refractivity contribution in [1.29, 1.82) is 0 Å². The van der Waals surface area contributed by atoms with E-state index in [1.54, 1.807) is 0 Å². The summed E-state index contributed by atoms with van der Waals surface area (Å²) in [5, 5.41) is 10.2. The van der Waals surface area contributed by atoms with E-state index in [0.717, 1.165) is 80.5 Å². The standard InChI is InChI=1S/C21H26N4O2/c26-19(25-13-3-4-14-25)12-9-15-7-10-16(11-8-15)22-21(27)20-17-5-1-2-6-18(17)23-24-20/h7-8,10-11H,1-6,9,12-14H2,(H,22,27)(H,23,24). The van der Waals surface area contributed by atoms with Crippen LogP contribution in [0.2, 0.25) is 0 Å². The van der Waals surface area contributed by atoms with Crippen LogP contribution in [0.25, 0.3) is 0 Å². The van der Waals surface area contributed by atoms with Gasteiger partial charge in [-0.25, -0.2) is 0 Å². The summed E-state index contributed by atoms with van der Waals surface area (Å²) in [6.45, 7) is 1.81. The fourth-order valence-electron chi connectivity index (χ4n) is 3.99. The van der Waals surface area contributed by atoms with Crippen molar-refractivity contribution < 1.29 is 9.59 Å². The van der Waals surface area contributed by atoms with Crippen molar-refractivity contribution in [2.45, 2.75) is 51.4 Å². The molecule has 27 heavy (non-hydrogen) atoms. The summed E-state index contributed by atoms with van der Waals surface area (Å²) in [7, 11) is 0. The largest absolute Gasteiger partial charge is 0.343 e. The molecule has 0 spiro atoms. The second kappa shape index (κ2) is 7.94. The Labute approximate surface area is 159 Å². The molecule has 142 valence electrons. The lowest BCUT2D eigenvalue weighted by molar-refractivity contribution is -0.130. The highest BCUT2D eigenvalue weighted by Gasteiger charge is 2.22. The first-order valence-corrected chi connectivity index (χ1v) is 9.95. The van der Waals surface area contributed by atoms with Crippen molar-refractivity contribution in [2.75, 3.05) is 18.4 Å². The summed E-state index contributed by atoms with van der Waals surface area (Å²) >= 11 is 0. The van der Waals surface area contributed by atoms with Crippen LogP contribution in [-0.2, 0) is 24.1 Å². The molecular formula is C21H26N4O2. The molecule has 6 heteroatoms. The Bertz CT molecular complexity index is 819. The van der Waals surface area contributed by atoms with E-state index in [9.17, 15) is 9.59 Å². The molecule has 1 saturated heterocycles. The van der Waals surface area contributed by atoms with Gasteiger partial charge in [-0.2, -0.15) is 5.10 Å². The van der Waals surface area contributed by atoms with Gasteiger partial charge in [0.05, 0.1) is 0 Å². The zero-order chi connectivity index (χ0) is 18.6. The predicted molar refractivity (Wildman–Crippen MR) is 104 cm³/mol. The normalized spacial score (nSPS) is 16.2. The number of aryl methyl sites for hydroxylation is 2. The first-order chi connectivity index (χ1) is 13.2. The third-order valence-corrected chi connectivity index (χ3v) is 5.57. The molecule has 1 aromatic carbocycles. The van der Waals surface area contributed by atoms with Crippen LogP contribution in [0, 0.1) is 0 Å². The molecule has 2 amide bonds. The molecule has 0 radical (unpaired) electrons. The molecule has 4 rings (SSSR count). The molecule has 1 aromatic heterocycles. The number of aromatic amines is 1. The van der Waals surface area contributed by atoms with Crippen molar-refractivity contribution in [3.05, 3.63) is 46.8 Å². The van der Waals surface area contributed by atoms with E-state index in [0.29, 0.717) is 12.1 Å². The van der Waals surface area contributed by atoms with E-state index in [1.165, 1.54) is 0 Å². The van der Waals surface area contributed by atoms with E-state index in [-0.39, 0.29) is 11.8 Å². The number of likely N-dealkylation sites (tertiary alicyclic amines) is 1. The fourth-order valence-corrected chi connectivity index (χ4v) is 3.99. The summed E-state index contributed by atoms with van der Waals surface area (Å²) in [6.07, 6.45) is 7.68. The summed E-state index contributed by atoms with van der Waals surface area (Å²) in [5.74, 6) is 0.0829. The zero-order valence-corrected chi connectivity index (χ0v) is 15.6. The topological polar surface area (TPSA) is 78.1 Å². The number of hydrogen-bond acceptors (Lipinski definition) is 3. The van der Waals surface area contributed by atoms with Crippen molar-refractivity contribution >= 4 is 17.5 Å². The molecule has 0 atom stereocenters. The molecule has 2 heterocycles. The number of nitrogens with one attached hydrogen (secondary N) is 2. The number of nitrogens with zero attached hydrogens (tertiary/aromatic N) is 2. The van der Waals surface area contributed by atoms with Crippen LogP contribution < -0.4 is 5.32 Å². The summed E-state index contributed by atoms with van der Waals surface area (Å²) in [5.41, 5.74) is 4.55. The summed E-state index contributed by atoms with van der Waals surface area (Å²) in [6, 6.07) is 7.75. The van der Waals surface area contributed by atoms with Crippen LogP contribution in [0.4, 0.5) is 5.69 Å². The number of rotatable bonds is 5. The Balaban J connectivity index is 1.33. The maximum atomic E-state index is 12.6. The highest BCUT2D eigenvalue weighted by atomic mass is 16.2. The number of H-pyrrole nitrogens is 1. The number of aromatic nitrogens is 2. The lowest BCUT2D eigenvalue weighted by atomic mass is 9.96. The van der Waals surface area contributed by atoms with Gasteiger partial charge in [-0.1, -0.05) is 12.1 Å². The first kappa shape index (κ1) is 17.8. The molecular weight excluding hydrogens is 340 g/mol. The van der Waals surface area contributed by atoms with Gasteiger partial charge in [0.25, 0.3) is 5.91 Å². The van der Waals surface area contributed by atoms with Gasteiger partial charge in [0, 0.05) is 36.5 Å². The Kier molecular flexibility index (Phi) is 5.23. The van der Waals surface area contributed by atoms with Crippen LogP contribution >= 0.6 is 0 Å². The number of anilines is 1. The summed E-state index contributed by atoms with van der Waals surface area (Å²) in [4.78, 5) is 26.6. The SMILES string of the molecule is O=C(Nc1ccc(CCC(=O)N2CCCC2)cc1)c1n[nH]c2c1CCCC2. The van der Waals surface area contributed by atoms with E-state index in [2.05, 4.69) is 15.5 Å². The molecule has 0 unspecified atom stereocenters. The Morgan fingerprint density at radius 3 is 2.56 bits per heavy atom. The Morgan fingerprint density at radius 1 is 1.04 bits per heavy atom. The summed E-state index contributed by atoms with van der Waals surface area (Å²) < 4.78 is 0. The maximum absolute atomic E-state index is 12.6. The average molecular weight is 366 g/mol. The lowest BCUT2D eigenvalue weighted by Gasteiger charge is -2.15. The molecule has 1 aliphatic carbocycles. The third kappa shape index (κ3) is 4.04. The highest BCUT2D eigenvalue weighted by Crippen LogP contribution is 2.23. The monoisotopic (exact) mass is 366 g/mol. The number of fused-ring (bicyclic) bond motifs is 1. The smallest absolute Gasteiger partial charge is 0.276 e. The van der Waals surface area contributed by atoms with Gasteiger partial charge in [-0.3, -0.25) is 14.7 Å². The van der Waals surface area contributed by atoms with Crippen LogP contribution in [0.3, 0.4) is 0 Å². The predicted octanol–water partition coefficient (Wildman–Crippen LogP) is 3.10. The van der Waals surface area contributed by atoms with E-state index in [4.69, 9.17) is 0 Å². The van der Waals surface area contributed by atoms with Crippen molar-refractivity contribution in [3.63, 3.8) is 0 Å². The third-order valence-electron chi connectivity index (χ3n) is 5.57. The molecule has 1 fully saturated rings. The van der Waals surface area contributed by atoms with Gasteiger partial charge in [0.1, 0.15) is 0 Å². The van der Waals surface area contributed by atoms with Gasteiger partial charge in [-0.05, 0) is 62.6 Å². The molecule has 0 saturated carbocycles. The van der Waals surface area contributed by atoms with E-state index >= 15 is 0 Å². The second-order valence-corrected chi connectivity index (χ2v) is 7.48. The highest BCUT2D eigenvalue weighted by molar-refractivity contribution is 6.04. The lowest BCUT2D eigenvalue weighted by Crippen LogP contribution is -2.27. The van der Waals surface area contributed by atoms with Gasteiger partial charge >= 0.3 is 0 Å². The van der Waals surface area contributed by atoms with Gasteiger partial charge < -0.3 is 10.2 Å². The minimum atomic E-state index is -0.161. The fraction of sp³-hybridized carbons (Fsp3) is 0.476. The molecule has 6 nitrogen and oxygen atoms in total. The molecule has 1 aliphatic heterocycles. The quantitative estimate of drug-likeness (QED) is 0.853. The van der Waals surface area contributed by atoms with Crippen molar-refractivity contribution in [3.8, 4) is 0 Å². The van der Waals surface area contributed by atoms with Crippen LogP contribution in [0.5, 0.6) is 0 Å². The zero-order valence-electron chi connectivity index (χ0n) is 15.6. The minimum absolute atomic E-state index is 0.161. The second-order valence-electron chi connectivity index (χ2n) is 7.48. The van der Waals surface area contributed by atoms with Crippen LogP contribution in [0.1, 0.15) is 59.4 Å². The number of hydrogen-bond donors (Lipinski definition) is 2. The number of carbonyl (C=O) groups is 2. The Hall–Kier alpha value is -2.63. The maximum Gasteiger partial charge on any atom is 0.276 e. The number of carbonyl (C=O) groups excluding carboxylic acids is 2. The van der Waals surface area contributed by atoms with Gasteiger partial charge in [0.15, 0.2) is 5.69 Å². The van der Waals surface area contributed by atoms with Crippen molar-refractivity contribution in [2.24, 2.45) is 0 Å². The molecule has 2 N–H and O–H groups in total. The number of amides is 2. The molecule has 2 aromatic rings. The van der Waals surface area contributed by atoms with Crippen molar-refractivity contribution in [1.82, 2.24) is 15.1 Å². The van der Waals surface area contributed by atoms with Crippen LogP contribution in [-0.4, -0.2) is 40.0 Å². The number of benzene rings is 1. The Morgan fingerprint density at radius 2 is 1.78 bits per heavy atom.